The number of hydrogen-bond acceptors (Lipinski definition) is 3. The number of hydrogen-bond donors (Lipinski definition) is 0. The van der Waals surface area contributed by atoms with Gasteiger partial charge in [0.15, 0.2) is 0 Å². The van der Waals surface area contributed by atoms with Gasteiger partial charge in [-0.3, -0.25) is 0 Å². The standard InChI is InChI=1S/C20H15ClIN3O/c1-26-20-17(19(21)16-11-14(22)4-7-18(16)24-20)10-13-2-5-15(6-3-13)25-9-8-23-12-25/h2-9,11-12H,10H2,1H3. The minimum atomic E-state index is 0.572. The molecule has 0 aliphatic heterocycles. The van der Waals surface area contributed by atoms with Crippen LogP contribution in [0.15, 0.2) is 61.2 Å². The number of aromatic nitrogens is 3. The molecule has 4 aromatic rings. The zero-order valence-electron chi connectivity index (χ0n) is 14.0. The molecule has 130 valence electrons. The lowest BCUT2D eigenvalue weighted by atomic mass is 10.0. The maximum Gasteiger partial charge on any atom is 0.218 e. The molecule has 0 radical (unpaired) electrons. The topological polar surface area (TPSA) is 39.9 Å². The summed E-state index contributed by atoms with van der Waals surface area (Å²) in [4.78, 5) is 8.71. The van der Waals surface area contributed by atoms with Gasteiger partial charge in [-0.2, -0.15) is 0 Å². The number of methoxy groups -OCH3 is 1. The van der Waals surface area contributed by atoms with E-state index in [0.717, 1.165) is 31.3 Å². The van der Waals surface area contributed by atoms with Crippen LogP contribution < -0.4 is 4.74 Å². The zero-order chi connectivity index (χ0) is 18.1. The Labute approximate surface area is 169 Å². The third kappa shape index (κ3) is 3.29. The Kier molecular flexibility index (Phi) is 4.82. The summed E-state index contributed by atoms with van der Waals surface area (Å²) in [6, 6.07) is 14.3. The SMILES string of the molecule is COc1nc2ccc(I)cc2c(Cl)c1Cc1ccc(-n2ccnc2)cc1. The van der Waals surface area contributed by atoms with E-state index in [1.54, 1.807) is 19.6 Å². The summed E-state index contributed by atoms with van der Waals surface area (Å²) in [5, 5.41) is 1.65. The van der Waals surface area contributed by atoms with E-state index in [2.05, 4.69) is 62.9 Å². The second kappa shape index (κ2) is 7.25. The van der Waals surface area contributed by atoms with Crippen molar-refractivity contribution in [2.75, 3.05) is 7.11 Å². The van der Waals surface area contributed by atoms with Crippen molar-refractivity contribution in [3.05, 3.63) is 80.9 Å². The summed E-state index contributed by atoms with van der Waals surface area (Å²) < 4.78 is 8.60. The van der Waals surface area contributed by atoms with Gasteiger partial charge in [-0.15, -0.1) is 0 Å². The van der Waals surface area contributed by atoms with Crippen molar-refractivity contribution < 1.29 is 4.74 Å². The van der Waals surface area contributed by atoms with Crippen LogP contribution in [0.5, 0.6) is 5.88 Å². The smallest absolute Gasteiger partial charge is 0.218 e. The van der Waals surface area contributed by atoms with Gasteiger partial charge in [0.1, 0.15) is 0 Å². The molecule has 2 aromatic heterocycles. The Morgan fingerprint density at radius 1 is 1.15 bits per heavy atom. The summed E-state index contributed by atoms with van der Waals surface area (Å²) in [6.45, 7) is 0. The van der Waals surface area contributed by atoms with Crippen LogP contribution in [0.1, 0.15) is 11.1 Å². The van der Waals surface area contributed by atoms with E-state index in [9.17, 15) is 0 Å². The predicted octanol–water partition coefficient (Wildman–Crippen LogP) is 5.28. The molecule has 0 aliphatic rings. The molecule has 0 aliphatic carbocycles. The Bertz CT molecular complexity index is 1060. The summed E-state index contributed by atoms with van der Waals surface area (Å²) in [6.07, 6.45) is 6.12. The first-order chi connectivity index (χ1) is 12.7. The van der Waals surface area contributed by atoms with Crippen molar-refractivity contribution in [3.8, 4) is 11.6 Å². The van der Waals surface area contributed by atoms with E-state index in [0.29, 0.717) is 17.3 Å². The molecule has 6 heteroatoms. The van der Waals surface area contributed by atoms with Gasteiger partial charge in [0.2, 0.25) is 5.88 Å². The van der Waals surface area contributed by atoms with Crippen molar-refractivity contribution in [1.29, 1.82) is 0 Å². The van der Waals surface area contributed by atoms with Crippen molar-refractivity contribution >= 4 is 45.1 Å². The first kappa shape index (κ1) is 17.3. The highest BCUT2D eigenvalue weighted by Gasteiger charge is 2.15. The zero-order valence-corrected chi connectivity index (χ0v) is 16.9. The van der Waals surface area contributed by atoms with Gasteiger partial charge in [0, 0.05) is 39.0 Å². The maximum atomic E-state index is 6.72. The lowest BCUT2D eigenvalue weighted by Gasteiger charge is -2.13. The molecule has 0 saturated carbocycles. The number of halogens is 2. The highest BCUT2D eigenvalue weighted by Crippen LogP contribution is 2.34. The quantitative estimate of drug-likeness (QED) is 0.377. The molecule has 0 atom stereocenters. The monoisotopic (exact) mass is 475 g/mol. The minimum absolute atomic E-state index is 0.572. The summed E-state index contributed by atoms with van der Waals surface area (Å²) in [5.41, 5.74) is 3.95. The number of rotatable bonds is 4. The van der Waals surface area contributed by atoms with Crippen molar-refractivity contribution in [3.63, 3.8) is 0 Å². The van der Waals surface area contributed by atoms with E-state index < -0.39 is 0 Å². The van der Waals surface area contributed by atoms with Gasteiger partial charge in [-0.1, -0.05) is 23.7 Å². The molecule has 2 aromatic carbocycles. The molecule has 0 N–H and O–H groups in total. The second-order valence-corrected chi connectivity index (χ2v) is 7.51. The Morgan fingerprint density at radius 2 is 1.96 bits per heavy atom. The van der Waals surface area contributed by atoms with Gasteiger partial charge in [-0.05, 0) is 58.5 Å². The van der Waals surface area contributed by atoms with Crippen molar-refractivity contribution in [2.24, 2.45) is 0 Å². The van der Waals surface area contributed by atoms with Crippen LogP contribution in [0.4, 0.5) is 0 Å². The molecule has 0 spiro atoms. The highest BCUT2D eigenvalue weighted by molar-refractivity contribution is 14.1. The second-order valence-electron chi connectivity index (χ2n) is 5.89. The number of fused-ring (bicyclic) bond motifs is 1. The molecular formula is C20H15ClIN3O. The predicted molar refractivity (Wildman–Crippen MR) is 112 cm³/mol. The average Bonchev–Trinajstić information content (AvgIpc) is 3.19. The van der Waals surface area contributed by atoms with Gasteiger partial charge in [0.05, 0.1) is 24.0 Å². The Morgan fingerprint density at radius 3 is 2.65 bits per heavy atom. The first-order valence-electron chi connectivity index (χ1n) is 8.04. The van der Waals surface area contributed by atoms with E-state index in [1.165, 1.54) is 0 Å². The van der Waals surface area contributed by atoms with Crippen LogP contribution in [0.2, 0.25) is 5.02 Å². The molecule has 4 nitrogen and oxygen atoms in total. The van der Waals surface area contributed by atoms with Gasteiger partial charge in [0.25, 0.3) is 0 Å². The molecule has 0 amide bonds. The Balaban J connectivity index is 1.73. The van der Waals surface area contributed by atoms with Gasteiger partial charge >= 0.3 is 0 Å². The van der Waals surface area contributed by atoms with Crippen LogP contribution in [0.3, 0.4) is 0 Å². The fraction of sp³-hybridized carbons (Fsp3) is 0.100. The molecule has 0 unspecified atom stereocenters. The largest absolute Gasteiger partial charge is 0.481 e. The van der Waals surface area contributed by atoms with Gasteiger partial charge < -0.3 is 9.30 Å². The van der Waals surface area contributed by atoms with Crippen molar-refractivity contribution in [1.82, 2.24) is 14.5 Å². The first-order valence-corrected chi connectivity index (χ1v) is 9.50. The van der Waals surface area contributed by atoms with Crippen molar-refractivity contribution in [2.45, 2.75) is 6.42 Å². The van der Waals surface area contributed by atoms with Crippen LogP contribution in [-0.2, 0) is 6.42 Å². The van der Waals surface area contributed by atoms with Crippen LogP contribution >= 0.6 is 34.2 Å². The van der Waals surface area contributed by atoms with E-state index in [1.807, 2.05) is 22.9 Å². The molecule has 0 saturated heterocycles. The third-order valence-corrected chi connectivity index (χ3v) is 5.36. The summed E-state index contributed by atoms with van der Waals surface area (Å²) in [5.74, 6) is 0.572. The molecule has 0 fully saturated rings. The number of pyridine rings is 1. The van der Waals surface area contributed by atoms with E-state index >= 15 is 0 Å². The fourth-order valence-corrected chi connectivity index (χ4v) is 3.73. The normalized spacial score (nSPS) is 11.0. The molecule has 2 heterocycles. The molecule has 26 heavy (non-hydrogen) atoms. The number of imidazole rings is 1. The van der Waals surface area contributed by atoms with Gasteiger partial charge in [-0.25, -0.2) is 9.97 Å². The molecule has 0 bridgehead atoms. The molecular weight excluding hydrogens is 461 g/mol. The van der Waals surface area contributed by atoms with E-state index in [4.69, 9.17) is 16.3 Å². The lowest BCUT2D eigenvalue weighted by molar-refractivity contribution is 0.395. The average molecular weight is 476 g/mol. The Hall–Kier alpha value is -2.12. The van der Waals surface area contributed by atoms with Crippen LogP contribution in [0, 0.1) is 3.57 Å². The van der Waals surface area contributed by atoms with Crippen LogP contribution in [-0.4, -0.2) is 21.6 Å². The third-order valence-electron chi connectivity index (χ3n) is 4.25. The summed E-state index contributed by atoms with van der Waals surface area (Å²) >= 11 is 9.01. The highest BCUT2D eigenvalue weighted by atomic mass is 127. The number of ether oxygens (including phenoxy) is 1. The fourth-order valence-electron chi connectivity index (χ4n) is 2.94. The summed E-state index contributed by atoms with van der Waals surface area (Å²) in [7, 11) is 1.63. The minimum Gasteiger partial charge on any atom is -0.481 e. The van der Waals surface area contributed by atoms with Crippen LogP contribution in [0.25, 0.3) is 16.6 Å². The lowest BCUT2D eigenvalue weighted by Crippen LogP contribution is -2.00. The van der Waals surface area contributed by atoms with E-state index in [-0.39, 0.29) is 0 Å². The number of nitrogens with zero attached hydrogens (tertiary/aromatic N) is 3. The number of benzene rings is 2. The maximum absolute atomic E-state index is 6.72. The molecule has 4 rings (SSSR count).